The van der Waals surface area contributed by atoms with Crippen LogP contribution in [-0.4, -0.2) is 101 Å². The zero-order chi connectivity index (χ0) is 31.0. The quantitative estimate of drug-likeness (QED) is 0.196. The zero-order valence-electron chi connectivity index (χ0n) is 22.0. The number of hydrogen-bond donors (Lipinski definition) is 3. The summed E-state index contributed by atoms with van der Waals surface area (Å²) in [6, 6.07) is 0. The molecular weight excluding hydrogens is 651 g/mol. The molecule has 4 aromatic heterocycles. The zero-order valence-corrected chi connectivity index (χ0v) is 24.6. The van der Waals surface area contributed by atoms with Crippen molar-refractivity contribution in [2.45, 2.75) is 49.2 Å². The lowest BCUT2D eigenvalue weighted by molar-refractivity contribution is -0.0566. The van der Waals surface area contributed by atoms with E-state index in [2.05, 4.69) is 29.9 Å². The molecule has 0 amide bonds. The Labute approximate surface area is 251 Å². The average molecular weight is 672 g/mol. The molecule has 10 atom stereocenters. The van der Waals surface area contributed by atoms with Crippen LogP contribution in [0.25, 0.3) is 22.3 Å². The van der Waals surface area contributed by atoms with Gasteiger partial charge < -0.3 is 39.4 Å². The number of ether oxygens (including phenoxy) is 2. The van der Waals surface area contributed by atoms with Gasteiger partial charge in [0.25, 0.3) is 7.47 Å². The lowest BCUT2D eigenvalue weighted by Crippen LogP contribution is -2.37. The van der Waals surface area contributed by atoms with Crippen LogP contribution in [0, 0.1) is 0 Å². The number of hydrogen-bond acceptors (Lipinski definition) is 16. The van der Waals surface area contributed by atoms with Crippen LogP contribution < -0.4 is 11.5 Å². The van der Waals surface area contributed by atoms with Crippen molar-refractivity contribution in [1.29, 1.82) is 0 Å². The number of alkyl halides is 2. The standard InChI is InChI=1S/C20H21BF2N10O8P2S/c21-42(34)36-1-7-14(10(23)20(38-7)33-6-31-12-16(25)27-4-29-18(12)33)41-43(35,44)37-2-8-13(40-42)9(22)19(39-8)32-5-30-11-15(24)26-3-28-17(11)32/h3-10,13-14,19-20H,1-2H2,(H,35,44)(H2,24,26,28)(H2,25,27,29)/t7-,8-,9+,10+,13?,14?,19-,20-,42-,43?/m1/s1. The fourth-order valence-electron chi connectivity index (χ4n) is 5.20. The Morgan fingerprint density at radius 2 is 1.32 bits per heavy atom. The third-order valence-electron chi connectivity index (χ3n) is 7.20. The molecule has 3 unspecified atom stereocenters. The van der Waals surface area contributed by atoms with Crippen molar-refractivity contribution in [3.8, 4) is 0 Å². The Morgan fingerprint density at radius 1 is 0.841 bits per heavy atom. The van der Waals surface area contributed by atoms with Crippen LogP contribution in [-0.2, 0) is 43.9 Å². The van der Waals surface area contributed by atoms with Crippen LogP contribution in [0.2, 0.25) is 0 Å². The molecule has 0 spiro atoms. The van der Waals surface area contributed by atoms with Gasteiger partial charge >= 0.3 is 6.72 Å². The third-order valence-corrected chi connectivity index (χ3v) is 9.81. The summed E-state index contributed by atoms with van der Waals surface area (Å²) in [6.07, 6.45) is -8.19. The number of rotatable bonds is 2. The number of fused-ring (bicyclic) bond motifs is 4. The second-order valence-corrected chi connectivity index (χ2v) is 14.3. The molecule has 3 aliphatic rings. The summed E-state index contributed by atoms with van der Waals surface area (Å²) < 4.78 is 81.0. The van der Waals surface area contributed by atoms with E-state index in [-0.39, 0.29) is 34.0 Å². The molecule has 2 radical (unpaired) electrons. The second kappa shape index (κ2) is 10.9. The van der Waals surface area contributed by atoms with E-state index < -0.39 is 76.6 Å². The summed E-state index contributed by atoms with van der Waals surface area (Å²) >= 11 is 5.14. The second-order valence-electron chi connectivity index (χ2n) is 9.92. The highest BCUT2D eigenvalue weighted by Crippen LogP contribution is 2.54. The van der Waals surface area contributed by atoms with Gasteiger partial charge in [-0.05, 0) is 11.8 Å². The van der Waals surface area contributed by atoms with Crippen molar-refractivity contribution in [1.82, 2.24) is 39.0 Å². The van der Waals surface area contributed by atoms with Crippen molar-refractivity contribution in [2.24, 2.45) is 0 Å². The van der Waals surface area contributed by atoms with Gasteiger partial charge in [-0.1, -0.05) is 0 Å². The maximum atomic E-state index is 16.0. The van der Waals surface area contributed by atoms with Crippen LogP contribution in [0.15, 0.2) is 25.3 Å². The van der Waals surface area contributed by atoms with Crippen molar-refractivity contribution in [2.75, 3.05) is 24.7 Å². The molecule has 5 N–H and O–H groups in total. The predicted octanol–water partition coefficient (Wildman–Crippen LogP) is 0.612. The summed E-state index contributed by atoms with van der Waals surface area (Å²) in [5, 5.41) is 0. The minimum atomic E-state index is -4.57. The minimum absolute atomic E-state index is 0.0472. The Balaban J connectivity index is 1.17. The fourth-order valence-corrected chi connectivity index (χ4v) is 7.64. The first-order valence-corrected chi connectivity index (χ1v) is 16.9. The SMILES string of the molecule is [B][P@@]1(=O)OC[C@H]2O[C@@H](n3cnc4c(N)ncnc43)[C@@H](F)C2OP(O)(=S)OC[C@H]2O[C@@H](n3cnc4c(N)ncnc43)[C@@H](F)C2O1. The maximum Gasteiger partial charge on any atom is 0.325 e. The van der Waals surface area contributed by atoms with Gasteiger partial charge in [0.15, 0.2) is 47.7 Å². The molecule has 4 aromatic rings. The summed E-state index contributed by atoms with van der Waals surface area (Å²) in [6.45, 7) is -5.58. The molecule has 18 nitrogen and oxygen atoms in total. The first-order valence-electron chi connectivity index (χ1n) is 12.7. The van der Waals surface area contributed by atoms with E-state index in [1.54, 1.807) is 0 Å². The van der Waals surface area contributed by atoms with E-state index in [0.717, 1.165) is 12.7 Å². The smallest absolute Gasteiger partial charge is 0.325 e. The highest BCUT2D eigenvalue weighted by atomic mass is 32.5. The van der Waals surface area contributed by atoms with Crippen molar-refractivity contribution >= 4 is 67.5 Å². The molecule has 24 heteroatoms. The van der Waals surface area contributed by atoms with E-state index in [1.165, 1.54) is 21.8 Å². The van der Waals surface area contributed by atoms with E-state index in [4.69, 9.17) is 58.4 Å². The van der Waals surface area contributed by atoms with E-state index in [9.17, 15) is 9.46 Å². The van der Waals surface area contributed by atoms with Gasteiger partial charge in [0, 0.05) is 0 Å². The van der Waals surface area contributed by atoms with E-state index >= 15 is 8.78 Å². The Hall–Kier alpha value is -2.78. The van der Waals surface area contributed by atoms with Crippen molar-refractivity contribution < 1.29 is 45.8 Å². The van der Waals surface area contributed by atoms with Gasteiger partial charge in [-0.15, -0.1) is 0 Å². The Bertz CT molecular complexity index is 1710. The number of imidazole rings is 2. The molecule has 232 valence electrons. The molecule has 0 saturated carbocycles. The summed E-state index contributed by atoms with van der Waals surface area (Å²) in [5.41, 5.74) is 12.3. The van der Waals surface area contributed by atoms with Gasteiger partial charge in [-0.3, -0.25) is 18.2 Å². The molecule has 3 saturated heterocycles. The normalized spacial score (nSPS) is 38.2. The maximum absolute atomic E-state index is 16.0. The number of nitrogen functional groups attached to an aromatic ring is 2. The van der Waals surface area contributed by atoms with Gasteiger partial charge in [0.1, 0.15) is 48.1 Å². The topological polar surface area (TPSA) is 232 Å². The fraction of sp³-hybridized carbons (Fsp3) is 0.500. The van der Waals surface area contributed by atoms with Gasteiger partial charge in [0.05, 0.1) is 25.9 Å². The van der Waals surface area contributed by atoms with Gasteiger partial charge in [-0.25, -0.2) is 38.7 Å². The van der Waals surface area contributed by atoms with Gasteiger partial charge in [0.2, 0.25) is 7.57 Å². The van der Waals surface area contributed by atoms with Gasteiger partial charge in [-0.2, -0.15) is 0 Å². The number of nitrogens with two attached hydrogens (primary N) is 2. The predicted molar refractivity (Wildman–Crippen MR) is 149 cm³/mol. The molecule has 7 rings (SSSR count). The molecule has 3 aliphatic heterocycles. The number of anilines is 2. The number of halogens is 2. The Kier molecular flexibility index (Phi) is 7.43. The van der Waals surface area contributed by atoms with Crippen LogP contribution in [0.3, 0.4) is 0 Å². The summed E-state index contributed by atoms with van der Waals surface area (Å²) in [7, 11) is 1.26. The lowest BCUT2D eigenvalue weighted by Gasteiger charge is -2.29. The van der Waals surface area contributed by atoms with Crippen molar-refractivity contribution in [3.05, 3.63) is 25.3 Å². The largest absolute Gasteiger partial charge is 0.382 e. The van der Waals surface area contributed by atoms with Crippen LogP contribution >= 0.6 is 14.2 Å². The van der Waals surface area contributed by atoms with Crippen LogP contribution in [0.4, 0.5) is 20.4 Å². The summed E-state index contributed by atoms with van der Waals surface area (Å²) in [4.78, 5) is 34.9. The molecule has 44 heavy (non-hydrogen) atoms. The van der Waals surface area contributed by atoms with Crippen LogP contribution in [0.5, 0.6) is 0 Å². The molecule has 3 fully saturated rings. The monoisotopic (exact) mass is 672 g/mol. The average Bonchev–Trinajstić information content (AvgIpc) is 3.73. The van der Waals surface area contributed by atoms with E-state index in [0.29, 0.717) is 0 Å². The Morgan fingerprint density at radius 3 is 1.84 bits per heavy atom. The number of nitrogens with zero attached hydrogens (tertiary/aromatic N) is 8. The molecular formula is C20H21BF2N10O8P2S. The molecule has 0 aliphatic carbocycles. The number of aromatic nitrogens is 8. The summed E-state index contributed by atoms with van der Waals surface area (Å²) in [5.74, 6) is 0.0968. The highest BCUT2D eigenvalue weighted by molar-refractivity contribution is 8.07. The van der Waals surface area contributed by atoms with E-state index in [1.807, 2.05) is 0 Å². The minimum Gasteiger partial charge on any atom is -0.382 e. The lowest BCUT2D eigenvalue weighted by atomic mass is 10.1. The first-order chi connectivity index (χ1) is 20.9. The molecule has 7 heterocycles. The molecule has 0 bridgehead atoms. The van der Waals surface area contributed by atoms with Crippen molar-refractivity contribution in [3.63, 3.8) is 0 Å². The van der Waals surface area contributed by atoms with Crippen LogP contribution in [0.1, 0.15) is 12.5 Å². The highest BCUT2D eigenvalue weighted by Gasteiger charge is 2.53. The third kappa shape index (κ3) is 5.18. The molecule has 0 aromatic carbocycles. The first kappa shape index (κ1) is 29.9.